The molecule has 1 aromatic carbocycles. The summed E-state index contributed by atoms with van der Waals surface area (Å²) < 4.78 is 5.61. The second kappa shape index (κ2) is 7.04. The molecule has 1 heterocycles. The molecular formula is C16H26N2O. The molecule has 3 nitrogen and oxygen atoms in total. The quantitative estimate of drug-likeness (QED) is 0.853. The van der Waals surface area contributed by atoms with Gasteiger partial charge in [0.15, 0.2) is 0 Å². The van der Waals surface area contributed by atoms with Crippen molar-refractivity contribution in [2.24, 2.45) is 5.73 Å². The molecule has 1 aliphatic rings. The van der Waals surface area contributed by atoms with Crippen molar-refractivity contribution in [3.63, 3.8) is 0 Å². The van der Waals surface area contributed by atoms with Gasteiger partial charge in [0.05, 0.1) is 6.10 Å². The number of nitrogens with two attached hydrogens (primary N) is 1. The Morgan fingerprint density at radius 2 is 2.11 bits per heavy atom. The zero-order valence-electron chi connectivity index (χ0n) is 12.1. The van der Waals surface area contributed by atoms with E-state index in [4.69, 9.17) is 10.5 Å². The van der Waals surface area contributed by atoms with Crippen molar-refractivity contribution in [2.75, 3.05) is 20.2 Å². The highest BCUT2D eigenvalue weighted by atomic mass is 16.5. The Balaban J connectivity index is 1.73. The molecule has 0 aliphatic carbocycles. The van der Waals surface area contributed by atoms with Crippen molar-refractivity contribution < 1.29 is 4.74 Å². The van der Waals surface area contributed by atoms with Gasteiger partial charge in [-0.3, -0.25) is 4.90 Å². The molecule has 3 heteroatoms. The molecular weight excluding hydrogens is 236 g/mol. The van der Waals surface area contributed by atoms with E-state index < -0.39 is 0 Å². The number of nitrogens with zero attached hydrogens (tertiary/aromatic N) is 1. The first-order chi connectivity index (χ1) is 9.16. The lowest BCUT2D eigenvalue weighted by atomic mass is 10.0. The van der Waals surface area contributed by atoms with E-state index in [-0.39, 0.29) is 6.04 Å². The smallest absolute Gasteiger partial charge is 0.0702 e. The molecule has 2 rings (SSSR count). The minimum atomic E-state index is 0.234. The van der Waals surface area contributed by atoms with Gasteiger partial charge in [0.2, 0.25) is 0 Å². The lowest BCUT2D eigenvalue weighted by molar-refractivity contribution is 0.0815. The molecule has 1 fully saturated rings. The van der Waals surface area contributed by atoms with E-state index in [0.717, 1.165) is 32.4 Å². The average molecular weight is 262 g/mol. The summed E-state index contributed by atoms with van der Waals surface area (Å²) in [5.74, 6) is 0. The molecule has 3 unspecified atom stereocenters. The summed E-state index contributed by atoms with van der Waals surface area (Å²) in [6, 6.07) is 11.3. The third-order valence-corrected chi connectivity index (χ3v) is 4.07. The summed E-state index contributed by atoms with van der Waals surface area (Å²) in [5, 5.41) is 0. The molecule has 0 saturated carbocycles. The Morgan fingerprint density at radius 3 is 2.74 bits per heavy atom. The molecule has 0 aromatic heterocycles. The standard InChI is InChI=1S/C16H26N2O/c1-13-16(10-11-19-13)18(2)12-15(17)9-8-14-6-4-3-5-7-14/h3-7,13,15-16H,8-12,17H2,1-2H3. The maximum atomic E-state index is 6.25. The molecule has 0 radical (unpaired) electrons. The van der Waals surface area contributed by atoms with E-state index >= 15 is 0 Å². The third kappa shape index (κ3) is 4.30. The lowest BCUT2D eigenvalue weighted by Gasteiger charge is -2.29. The van der Waals surface area contributed by atoms with E-state index in [1.807, 2.05) is 0 Å². The molecule has 19 heavy (non-hydrogen) atoms. The summed E-state index contributed by atoms with van der Waals surface area (Å²) in [6.07, 6.45) is 3.57. The van der Waals surface area contributed by atoms with Gasteiger partial charge in [0.25, 0.3) is 0 Å². The largest absolute Gasteiger partial charge is 0.377 e. The number of likely N-dealkylation sites (N-methyl/N-ethyl adjacent to an activating group) is 1. The third-order valence-electron chi connectivity index (χ3n) is 4.07. The van der Waals surface area contributed by atoms with E-state index in [1.54, 1.807) is 0 Å². The Kier molecular flexibility index (Phi) is 5.37. The highest BCUT2D eigenvalue weighted by molar-refractivity contribution is 5.14. The SMILES string of the molecule is CC1OCCC1N(C)CC(N)CCc1ccccc1. The molecule has 0 bridgehead atoms. The summed E-state index contributed by atoms with van der Waals surface area (Å²) >= 11 is 0. The van der Waals surface area contributed by atoms with E-state index in [0.29, 0.717) is 12.1 Å². The van der Waals surface area contributed by atoms with Crippen molar-refractivity contribution in [3.8, 4) is 0 Å². The predicted octanol–water partition coefficient (Wildman–Crippen LogP) is 2.06. The fourth-order valence-corrected chi connectivity index (χ4v) is 2.89. The monoisotopic (exact) mass is 262 g/mol. The number of aryl methyl sites for hydroxylation is 1. The molecule has 1 saturated heterocycles. The van der Waals surface area contributed by atoms with Crippen LogP contribution in [0.4, 0.5) is 0 Å². The van der Waals surface area contributed by atoms with Crippen molar-refractivity contribution in [1.82, 2.24) is 4.90 Å². The highest BCUT2D eigenvalue weighted by Crippen LogP contribution is 2.18. The zero-order valence-corrected chi connectivity index (χ0v) is 12.1. The van der Waals surface area contributed by atoms with Crippen LogP contribution in [-0.2, 0) is 11.2 Å². The van der Waals surface area contributed by atoms with Gasteiger partial charge in [0, 0.05) is 25.2 Å². The van der Waals surface area contributed by atoms with Crippen LogP contribution in [0.5, 0.6) is 0 Å². The van der Waals surface area contributed by atoms with E-state index in [2.05, 4.69) is 49.2 Å². The van der Waals surface area contributed by atoms with Crippen LogP contribution < -0.4 is 5.73 Å². The number of hydrogen-bond donors (Lipinski definition) is 1. The van der Waals surface area contributed by atoms with Gasteiger partial charge in [-0.25, -0.2) is 0 Å². The van der Waals surface area contributed by atoms with Gasteiger partial charge in [-0.1, -0.05) is 30.3 Å². The van der Waals surface area contributed by atoms with Crippen molar-refractivity contribution in [3.05, 3.63) is 35.9 Å². The van der Waals surface area contributed by atoms with Crippen LogP contribution in [0.3, 0.4) is 0 Å². The van der Waals surface area contributed by atoms with Crippen LogP contribution in [0.15, 0.2) is 30.3 Å². The van der Waals surface area contributed by atoms with Gasteiger partial charge in [0.1, 0.15) is 0 Å². The summed E-state index contributed by atoms with van der Waals surface area (Å²) in [5.41, 5.74) is 7.63. The normalized spacial score (nSPS) is 24.8. The van der Waals surface area contributed by atoms with Crippen LogP contribution in [0.2, 0.25) is 0 Å². The van der Waals surface area contributed by atoms with Crippen LogP contribution >= 0.6 is 0 Å². The minimum Gasteiger partial charge on any atom is -0.377 e. The second-order valence-corrected chi connectivity index (χ2v) is 5.66. The first-order valence-electron chi connectivity index (χ1n) is 7.28. The Morgan fingerprint density at radius 1 is 1.37 bits per heavy atom. The van der Waals surface area contributed by atoms with Gasteiger partial charge >= 0.3 is 0 Å². The van der Waals surface area contributed by atoms with Gasteiger partial charge in [-0.05, 0) is 38.8 Å². The van der Waals surface area contributed by atoms with Gasteiger partial charge in [-0.15, -0.1) is 0 Å². The van der Waals surface area contributed by atoms with Crippen molar-refractivity contribution >= 4 is 0 Å². The first-order valence-corrected chi connectivity index (χ1v) is 7.28. The Labute approximate surface area is 116 Å². The molecule has 0 amide bonds. The first kappa shape index (κ1) is 14.5. The lowest BCUT2D eigenvalue weighted by Crippen LogP contribution is -2.44. The molecule has 0 spiro atoms. The van der Waals surface area contributed by atoms with Crippen LogP contribution in [0.1, 0.15) is 25.3 Å². The Bertz CT molecular complexity index is 368. The molecule has 1 aromatic rings. The van der Waals surface area contributed by atoms with Gasteiger partial charge in [-0.2, -0.15) is 0 Å². The van der Waals surface area contributed by atoms with Gasteiger partial charge < -0.3 is 10.5 Å². The van der Waals surface area contributed by atoms with Crippen molar-refractivity contribution in [1.29, 1.82) is 0 Å². The summed E-state index contributed by atoms with van der Waals surface area (Å²) in [6.45, 7) is 3.99. The fraction of sp³-hybridized carbons (Fsp3) is 0.625. The summed E-state index contributed by atoms with van der Waals surface area (Å²) in [7, 11) is 2.16. The van der Waals surface area contributed by atoms with Crippen LogP contribution in [-0.4, -0.2) is 43.3 Å². The highest BCUT2D eigenvalue weighted by Gasteiger charge is 2.28. The summed E-state index contributed by atoms with van der Waals surface area (Å²) in [4.78, 5) is 2.37. The predicted molar refractivity (Wildman–Crippen MR) is 79.2 cm³/mol. The minimum absolute atomic E-state index is 0.234. The molecule has 2 N–H and O–H groups in total. The number of rotatable bonds is 6. The van der Waals surface area contributed by atoms with Crippen LogP contribution in [0, 0.1) is 0 Å². The maximum absolute atomic E-state index is 6.25. The number of benzene rings is 1. The van der Waals surface area contributed by atoms with E-state index in [1.165, 1.54) is 5.56 Å². The topological polar surface area (TPSA) is 38.5 Å². The molecule has 3 atom stereocenters. The zero-order chi connectivity index (χ0) is 13.7. The van der Waals surface area contributed by atoms with Crippen LogP contribution in [0.25, 0.3) is 0 Å². The van der Waals surface area contributed by atoms with Crippen molar-refractivity contribution in [2.45, 2.75) is 44.4 Å². The number of hydrogen-bond acceptors (Lipinski definition) is 3. The van der Waals surface area contributed by atoms with E-state index in [9.17, 15) is 0 Å². The number of ether oxygens (including phenoxy) is 1. The molecule has 1 aliphatic heterocycles. The Hall–Kier alpha value is -0.900. The average Bonchev–Trinajstić information content (AvgIpc) is 2.84. The fourth-order valence-electron chi connectivity index (χ4n) is 2.89. The molecule has 106 valence electrons. The second-order valence-electron chi connectivity index (χ2n) is 5.66. The maximum Gasteiger partial charge on any atom is 0.0702 e.